The lowest BCUT2D eigenvalue weighted by Crippen LogP contribution is -2.59. The zero-order chi connectivity index (χ0) is 30.7. The monoisotopic (exact) mass is 609 g/mol. The van der Waals surface area contributed by atoms with Gasteiger partial charge in [-0.1, -0.05) is 41.9 Å². The number of rotatable bonds is 3. The molecule has 4 heterocycles. The van der Waals surface area contributed by atoms with Crippen LogP contribution < -0.4 is 16.0 Å². The molecule has 3 aromatic rings. The number of fused-ring (bicyclic) bond motifs is 3. The van der Waals surface area contributed by atoms with Crippen LogP contribution in [0.15, 0.2) is 54.9 Å². The standard InChI is InChI=1S/C29H32ClN7O6/c1-17-26(39)31-11-20-13-37(29(42)22-14-36-12-19(30)8-9-24(36)33-22)15-23(43-20)27(40)34-21(10-18-6-4-3-5-7-18)28(41)35(2)16-25(38)32-17/h3-9,12,14,17,20-21,23H,10-11,13,15-16H2,1-2H3,(H,31,39)(H,32,38)(H,34,40)/t17-,20+,21-,23-/m1/s1. The molecule has 13 nitrogen and oxygen atoms in total. The Morgan fingerprint density at radius 3 is 2.56 bits per heavy atom. The molecule has 5 rings (SSSR count). The summed E-state index contributed by atoms with van der Waals surface area (Å²) < 4.78 is 7.69. The Balaban J connectivity index is 1.43. The van der Waals surface area contributed by atoms with Crippen LogP contribution >= 0.6 is 11.6 Å². The Kier molecular flexibility index (Phi) is 8.92. The van der Waals surface area contributed by atoms with E-state index in [1.165, 1.54) is 23.8 Å². The van der Waals surface area contributed by atoms with E-state index >= 15 is 0 Å². The van der Waals surface area contributed by atoms with Gasteiger partial charge >= 0.3 is 0 Å². The summed E-state index contributed by atoms with van der Waals surface area (Å²) in [5.41, 5.74) is 1.46. The van der Waals surface area contributed by atoms with Crippen molar-refractivity contribution in [2.75, 3.05) is 33.2 Å². The van der Waals surface area contributed by atoms with Crippen LogP contribution in [-0.2, 0) is 30.3 Å². The van der Waals surface area contributed by atoms with Crippen molar-refractivity contribution in [1.82, 2.24) is 35.1 Å². The van der Waals surface area contributed by atoms with Crippen molar-refractivity contribution < 1.29 is 28.7 Å². The van der Waals surface area contributed by atoms with Crippen molar-refractivity contribution in [2.24, 2.45) is 0 Å². The molecule has 1 aromatic carbocycles. The summed E-state index contributed by atoms with van der Waals surface area (Å²) in [5.74, 6) is -2.55. The molecule has 0 saturated carbocycles. The number of aromatic nitrogens is 2. The molecule has 2 aromatic heterocycles. The average Bonchev–Trinajstić information content (AvgIpc) is 3.41. The lowest BCUT2D eigenvalue weighted by atomic mass is 10.0. The third-order valence-electron chi connectivity index (χ3n) is 7.31. The summed E-state index contributed by atoms with van der Waals surface area (Å²) in [6, 6.07) is 10.6. The van der Waals surface area contributed by atoms with E-state index in [-0.39, 0.29) is 38.3 Å². The summed E-state index contributed by atoms with van der Waals surface area (Å²) in [5, 5.41) is 8.56. The van der Waals surface area contributed by atoms with Gasteiger partial charge in [-0.3, -0.25) is 24.0 Å². The van der Waals surface area contributed by atoms with Crippen LogP contribution in [0.1, 0.15) is 23.0 Å². The van der Waals surface area contributed by atoms with Crippen molar-refractivity contribution in [3.63, 3.8) is 0 Å². The number of carbonyl (C=O) groups excluding carboxylic acids is 5. The van der Waals surface area contributed by atoms with Gasteiger partial charge in [-0.2, -0.15) is 0 Å². The predicted octanol–water partition coefficient (Wildman–Crippen LogP) is 0.0177. The number of ether oxygens (including phenoxy) is 1. The number of amides is 5. The molecule has 2 saturated heterocycles. The van der Waals surface area contributed by atoms with Crippen molar-refractivity contribution in [2.45, 2.75) is 37.6 Å². The van der Waals surface area contributed by atoms with E-state index in [1.807, 2.05) is 30.3 Å². The number of halogens is 1. The van der Waals surface area contributed by atoms with Crippen LogP contribution in [-0.4, -0.2) is 106 Å². The molecule has 14 heteroatoms. The minimum absolute atomic E-state index is 0.0281. The van der Waals surface area contributed by atoms with Crippen LogP contribution in [0.4, 0.5) is 0 Å². The number of likely N-dealkylation sites (N-methyl/N-ethyl adjacent to an activating group) is 1. The molecule has 2 aliphatic rings. The Labute approximate surface area is 252 Å². The van der Waals surface area contributed by atoms with E-state index < -0.39 is 53.8 Å². The number of nitrogens with zero attached hydrogens (tertiary/aromatic N) is 4. The largest absolute Gasteiger partial charge is 0.360 e. The lowest BCUT2D eigenvalue weighted by molar-refractivity contribution is -0.148. The van der Waals surface area contributed by atoms with Gasteiger partial charge in [0.2, 0.25) is 17.7 Å². The highest BCUT2D eigenvalue weighted by Crippen LogP contribution is 2.18. The maximum absolute atomic E-state index is 13.6. The first kappa shape index (κ1) is 30.0. The number of hydrogen-bond acceptors (Lipinski definition) is 7. The van der Waals surface area contributed by atoms with Gasteiger partial charge in [0.05, 0.1) is 24.2 Å². The Morgan fingerprint density at radius 1 is 1.02 bits per heavy atom. The van der Waals surface area contributed by atoms with Gasteiger partial charge < -0.3 is 34.9 Å². The van der Waals surface area contributed by atoms with Gasteiger partial charge in [-0.25, -0.2) is 4.98 Å². The zero-order valence-electron chi connectivity index (χ0n) is 23.7. The first-order valence-corrected chi connectivity index (χ1v) is 14.2. The van der Waals surface area contributed by atoms with Crippen LogP contribution in [0.25, 0.3) is 5.65 Å². The summed E-state index contributed by atoms with van der Waals surface area (Å²) in [4.78, 5) is 73.1. The second-order valence-corrected chi connectivity index (χ2v) is 11.1. The number of imidazole rings is 1. The number of benzene rings is 1. The molecule has 0 spiro atoms. The van der Waals surface area contributed by atoms with Gasteiger partial charge in [0, 0.05) is 39.0 Å². The van der Waals surface area contributed by atoms with Crippen LogP contribution in [0.3, 0.4) is 0 Å². The van der Waals surface area contributed by atoms with Gasteiger partial charge in [-0.15, -0.1) is 0 Å². The number of carbonyl (C=O) groups is 5. The van der Waals surface area contributed by atoms with Crippen molar-refractivity contribution in [3.05, 3.63) is 71.1 Å². The van der Waals surface area contributed by atoms with E-state index in [0.29, 0.717) is 10.7 Å². The van der Waals surface area contributed by atoms with Gasteiger partial charge in [0.15, 0.2) is 6.10 Å². The highest BCUT2D eigenvalue weighted by atomic mass is 35.5. The van der Waals surface area contributed by atoms with E-state index in [9.17, 15) is 24.0 Å². The quantitative estimate of drug-likeness (QED) is 0.378. The lowest BCUT2D eigenvalue weighted by Gasteiger charge is -2.37. The second kappa shape index (κ2) is 12.8. The predicted molar refractivity (Wildman–Crippen MR) is 155 cm³/mol. The fourth-order valence-electron chi connectivity index (χ4n) is 5.09. The molecular weight excluding hydrogens is 578 g/mol. The molecule has 226 valence electrons. The van der Waals surface area contributed by atoms with E-state index in [4.69, 9.17) is 16.3 Å². The molecule has 2 bridgehead atoms. The maximum atomic E-state index is 13.6. The highest BCUT2D eigenvalue weighted by Gasteiger charge is 2.38. The van der Waals surface area contributed by atoms with E-state index in [0.717, 1.165) is 5.56 Å². The SMILES string of the molecule is C[C@H]1NC(=O)CN(C)C(=O)[C@@H](Cc2ccccc2)NC(=O)[C@H]2CN(C(=O)c3cn4cc(Cl)ccc4n3)C[C@H](CNC1=O)O2. The molecule has 5 amide bonds. The van der Waals surface area contributed by atoms with E-state index in [2.05, 4.69) is 20.9 Å². The van der Waals surface area contributed by atoms with Crippen molar-refractivity contribution in [1.29, 1.82) is 0 Å². The Hall–Kier alpha value is -4.49. The fraction of sp³-hybridized carbons (Fsp3) is 0.379. The van der Waals surface area contributed by atoms with E-state index in [1.54, 1.807) is 28.9 Å². The highest BCUT2D eigenvalue weighted by molar-refractivity contribution is 6.30. The van der Waals surface area contributed by atoms with Crippen molar-refractivity contribution in [3.8, 4) is 0 Å². The summed E-state index contributed by atoms with van der Waals surface area (Å²) in [7, 11) is 1.45. The number of pyridine rings is 1. The molecule has 0 unspecified atom stereocenters. The third kappa shape index (κ3) is 7.12. The smallest absolute Gasteiger partial charge is 0.274 e. The third-order valence-corrected chi connectivity index (χ3v) is 7.53. The number of hydrogen-bond donors (Lipinski definition) is 3. The van der Waals surface area contributed by atoms with Crippen LogP contribution in [0, 0.1) is 0 Å². The number of nitrogens with one attached hydrogen (secondary N) is 3. The Bertz CT molecular complexity index is 1550. The molecule has 0 radical (unpaired) electrons. The molecule has 4 atom stereocenters. The first-order chi connectivity index (χ1) is 20.6. The summed E-state index contributed by atoms with van der Waals surface area (Å²) in [6.45, 7) is 1.13. The zero-order valence-corrected chi connectivity index (χ0v) is 24.4. The fourth-order valence-corrected chi connectivity index (χ4v) is 5.25. The number of morpholine rings is 1. The van der Waals surface area contributed by atoms with Crippen LogP contribution in [0.5, 0.6) is 0 Å². The molecule has 0 aliphatic carbocycles. The normalized spacial score (nSPS) is 24.1. The van der Waals surface area contributed by atoms with Gasteiger partial charge in [0.1, 0.15) is 23.4 Å². The maximum Gasteiger partial charge on any atom is 0.274 e. The van der Waals surface area contributed by atoms with Crippen molar-refractivity contribution >= 4 is 46.8 Å². The Morgan fingerprint density at radius 2 is 1.79 bits per heavy atom. The summed E-state index contributed by atoms with van der Waals surface area (Å²) in [6.07, 6.45) is 1.43. The average molecular weight is 610 g/mol. The topological polar surface area (TPSA) is 154 Å². The minimum Gasteiger partial charge on any atom is -0.360 e. The van der Waals surface area contributed by atoms with Crippen LogP contribution in [0.2, 0.25) is 5.02 Å². The second-order valence-electron chi connectivity index (χ2n) is 10.7. The molecule has 3 N–H and O–H groups in total. The molecular formula is C29H32ClN7O6. The minimum atomic E-state index is -1.15. The molecule has 2 aliphatic heterocycles. The first-order valence-electron chi connectivity index (χ1n) is 13.8. The molecule has 43 heavy (non-hydrogen) atoms. The van der Waals surface area contributed by atoms with Gasteiger partial charge in [-0.05, 0) is 24.6 Å². The molecule has 2 fully saturated rings. The summed E-state index contributed by atoms with van der Waals surface area (Å²) >= 11 is 6.08. The van der Waals surface area contributed by atoms with Gasteiger partial charge in [0.25, 0.3) is 11.8 Å².